The maximum absolute atomic E-state index is 13.1. The Bertz CT molecular complexity index is 755. The van der Waals surface area contributed by atoms with E-state index in [-0.39, 0.29) is 5.91 Å². The molecular weight excluding hydrogens is 326 g/mol. The predicted octanol–water partition coefficient (Wildman–Crippen LogP) is 5.45. The van der Waals surface area contributed by atoms with Crippen LogP contribution in [-0.4, -0.2) is 23.4 Å². The first kappa shape index (κ1) is 15.5. The lowest BCUT2D eigenvalue weighted by Gasteiger charge is -2.33. The van der Waals surface area contributed by atoms with Gasteiger partial charge in [-0.05, 0) is 48.8 Å². The highest BCUT2D eigenvalue weighted by Gasteiger charge is 2.46. The first-order valence-electron chi connectivity index (χ1n) is 8.57. The second-order valence-electron chi connectivity index (χ2n) is 7.15. The van der Waals surface area contributed by atoms with Gasteiger partial charge in [-0.2, -0.15) is 0 Å². The zero-order valence-electron chi connectivity index (χ0n) is 13.6. The summed E-state index contributed by atoms with van der Waals surface area (Å²) in [5, 5.41) is 1.74. The molecule has 4 atom stereocenters. The number of nitrogens with zero attached hydrogens (tertiary/aromatic N) is 1. The first-order valence-corrected chi connectivity index (χ1v) is 9.77. The molecule has 1 aromatic heterocycles. The summed E-state index contributed by atoms with van der Waals surface area (Å²) in [4.78, 5) is 16.1. The van der Waals surface area contributed by atoms with Gasteiger partial charge in [0.2, 0.25) is 0 Å². The van der Waals surface area contributed by atoms with Crippen molar-refractivity contribution in [3.63, 3.8) is 0 Å². The second-order valence-corrected chi connectivity index (χ2v) is 8.64. The van der Waals surface area contributed by atoms with E-state index < -0.39 is 0 Å². The van der Waals surface area contributed by atoms with Crippen LogP contribution in [0.25, 0.3) is 10.1 Å². The van der Waals surface area contributed by atoms with E-state index in [1.165, 1.54) is 19.3 Å². The van der Waals surface area contributed by atoms with Crippen LogP contribution in [0, 0.1) is 17.8 Å². The Morgan fingerprint density at radius 1 is 1.39 bits per heavy atom. The molecule has 2 aromatic rings. The van der Waals surface area contributed by atoms with E-state index in [0.717, 1.165) is 32.4 Å². The van der Waals surface area contributed by atoms with Crippen LogP contribution in [0.1, 0.15) is 42.8 Å². The monoisotopic (exact) mass is 347 g/mol. The van der Waals surface area contributed by atoms with Crippen molar-refractivity contribution in [3.8, 4) is 0 Å². The molecule has 0 N–H and O–H groups in total. The summed E-state index contributed by atoms with van der Waals surface area (Å²) in [5.41, 5.74) is 0. The average molecular weight is 348 g/mol. The van der Waals surface area contributed by atoms with E-state index in [0.29, 0.717) is 17.9 Å². The minimum atomic E-state index is 0.207. The lowest BCUT2D eigenvalue weighted by Crippen LogP contribution is -2.38. The van der Waals surface area contributed by atoms with E-state index in [9.17, 15) is 4.79 Å². The molecule has 1 aliphatic carbocycles. The summed E-state index contributed by atoms with van der Waals surface area (Å²) in [6.45, 7) is 5.54. The topological polar surface area (TPSA) is 20.3 Å². The van der Waals surface area contributed by atoms with E-state index in [2.05, 4.69) is 18.7 Å². The number of halogens is 1. The number of thiophene rings is 1. The highest BCUT2D eigenvalue weighted by atomic mass is 35.5. The maximum atomic E-state index is 13.1. The van der Waals surface area contributed by atoms with Crippen molar-refractivity contribution in [2.75, 3.05) is 6.54 Å². The molecule has 2 fully saturated rings. The number of rotatable bonds is 2. The van der Waals surface area contributed by atoms with Crippen LogP contribution < -0.4 is 0 Å². The minimum absolute atomic E-state index is 0.207. The Hall–Kier alpha value is -1.06. The van der Waals surface area contributed by atoms with Gasteiger partial charge in [0.25, 0.3) is 5.91 Å². The van der Waals surface area contributed by atoms with Gasteiger partial charge in [0.15, 0.2) is 0 Å². The number of carbonyl (C=O) groups excluding carboxylic acids is 1. The number of hydrogen-bond donors (Lipinski definition) is 0. The van der Waals surface area contributed by atoms with Crippen LogP contribution in [0.2, 0.25) is 5.02 Å². The van der Waals surface area contributed by atoms with Gasteiger partial charge < -0.3 is 4.90 Å². The third-order valence-electron chi connectivity index (χ3n) is 5.95. The van der Waals surface area contributed by atoms with Crippen molar-refractivity contribution in [1.29, 1.82) is 0 Å². The predicted molar refractivity (Wildman–Crippen MR) is 97.3 cm³/mol. The van der Waals surface area contributed by atoms with Gasteiger partial charge in [-0.25, -0.2) is 0 Å². The fourth-order valence-corrected chi connectivity index (χ4v) is 5.82. The molecule has 122 valence electrons. The third-order valence-corrected chi connectivity index (χ3v) is 7.37. The van der Waals surface area contributed by atoms with Crippen LogP contribution in [0.5, 0.6) is 0 Å². The van der Waals surface area contributed by atoms with Crippen molar-refractivity contribution >= 4 is 38.9 Å². The Labute approximate surface area is 146 Å². The van der Waals surface area contributed by atoms with E-state index in [1.807, 2.05) is 24.3 Å². The molecule has 4 rings (SSSR count). The van der Waals surface area contributed by atoms with Crippen LogP contribution in [0.3, 0.4) is 0 Å². The van der Waals surface area contributed by atoms with E-state index in [1.54, 1.807) is 11.3 Å². The summed E-state index contributed by atoms with van der Waals surface area (Å²) in [6.07, 6.45) is 3.70. The molecule has 2 aliphatic rings. The largest absolute Gasteiger partial charge is 0.334 e. The van der Waals surface area contributed by atoms with Crippen molar-refractivity contribution in [2.24, 2.45) is 17.8 Å². The number of fused-ring (bicyclic) bond motifs is 3. The fourth-order valence-electron chi connectivity index (χ4n) is 4.49. The lowest BCUT2D eigenvalue weighted by molar-refractivity contribution is 0.0703. The summed E-state index contributed by atoms with van der Waals surface area (Å²) in [5.74, 6) is 2.31. The van der Waals surface area contributed by atoms with Gasteiger partial charge in [-0.3, -0.25) is 4.79 Å². The summed E-state index contributed by atoms with van der Waals surface area (Å²) < 4.78 is 1.10. The van der Waals surface area contributed by atoms with Crippen LogP contribution in [-0.2, 0) is 0 Å². The molecule has 2 bridgehead atoms. The SMILES string of the molecule is CC[C@@H]1C[C@H]2CN(C(=O)c3cc4c(Cl)cccc4s3)[C@@H](C1)C2C. The van der Waals surface area contributed by atoms with Crippen molar-refractivity contribution in [1.82, 2.24) is 4.90 Å². The van der Waals surface area contributed by atoms with Gasteiger partial charge in [-0.15, -0.1) is 11.3 Å². The highest BCUT2D eigenvalue weighted by Crippen LogP contribution is 2.45. The molecule has 1 aromatic carbocycles. The first-order chi connectivity index (χ1) is 11.1. The smallest absolute Gasteiger partial charge is 0.264 e. The molecule has 1 unspecified atom stereocenters. The normalized spacial score (nSPS) is 30.1. The van der Waals surface area contributed by atoms with Gasteiger partial charge in [0.05, 0.1) is 4.88 Å². The summed E-state index contributed by atoms with van der Waals surface area (Å²) in [7, 11) is 0. The quantitative estimate of drug-likeness (QED) is 0.707. The zero-order chi connectivity index (χ0) is 16.1. The van der Waals surface area contributed by atoms with Gasteiger partial charge in [-0.1, -0.05) is 37.9 Å². The lowest BCUT2D eigenvalue weighted by atomic mass is 9.74. The number of hydrogen-bond acceptors (Lipinski definition) is 2. The fraction of sp³-hybridized carbons (Fsp3) is 0.526. The molecule has 1 saturated heterocycles. The molecule has 4 heteroatoms. The zero-order valence-corrected chi connectivity index (χ0v) is 15.2. The van der Waals surface area contributed by atoms with Gasteiger partial charge in [0, 0.05) is 27.7 Å². The average Bonchev–Trinajstić information content (AvgIpc) is 3.04. The number of carbonyl (C=O) groups is 1. The maximum Gasteiger partial charge on any atom is 0.264 e. The van der Waals surface area contributed by atoms with Gasteiger partial charge in [0.1, 0.15) is 0 Å². The molecule has 2 nitrogen and oxygen atoms in total. The van der Waals surface area contributed by atoms with Crippen molar-refractivity contribution in [2.45, 2.75) is 39.2 Å². The standard InChI is InChI=1S/C19H22ClNOS/c1-3-12-7-13-10-21(16(8-12)11(13)2)19(22)18-9-14-15(20)5-4-6-17(14)23-18/h4-6,9,11-13,16H,3,7-8,10H2,1-2H3/t11?,12-,13+,16+/m1/s1. The number of benzene rings is 1. The summed E-state index contributed by atoms with van der Waals surface area (Å²) >= 11 is 7.84. The molecule has 2 heterocycles. The Kier molecular flexibility index (Phi) is 3.89. The number of likely N-dealkylation sites (tertiary alicyclic amines) is 1. The molecule has 1 saturated carbocycles. The molecule has 0 spiro atoms. The van der Waals surface area contributed by atoms with Gasteiger partial charge >= 0.3 is 0 Å². The van der Waals surface area contributed by atoms with Crippen molar-refractivity contribution < 1.29 is 4.79 Å². The van der Waals surface area contributed by atoms with Crippen molar-refractivity contribution in [3.05, 3.63) is 34.2 Å². The van der Waals surface area contributed by atoms with Crippen LogP contribution in [0.15, 0.2) is 24.3 Å². The Morgan fingerprint density at radius 3 is 2.96 bits per heavy atom. The third kappa shape index (κ3) is 2.49. The van der Waals surface area contributed by atoms with Crippen LogP contribution in [0.4, 0.5) is 0 Å². The minimum Gasteiger partial charge on any atom is -0.334 e. The molecule has 0 radical (unpaired) electrons. The Morgan fingerprint density at radius 2 is 2.22 bits per heavy atom. The number of amides is 1. The molecular formula is C19H22ClNOS. The Balaban J connectivity index is 1.65. The molecule has 1 amide bonds. The highest BCUT2D eigenvalue weighted by molar-refractivity contribution is 7.20. The summed E-state index contributed by atoms with van der Waals surface area (Å²) in [6, 6.07) is 8.29. The van der Waals surface area contributed by atoms with E-state index in [4.69, 9.17) is 11.6 Å². The second kappa shape index (κ2) is 5.78. The van der Waals surface area contributed by atoms with E-state index >= 15 is 0 Å². The van der Waals surface area contributed by atoms with Crippen LogP contribution >= 0.6 is 22.9 Å². The molecule has 1 aliphatic heterocycles. The molecule has 23 heavy (non-hydrogen) atoms.